The summed E-state index contributed by atoms with van der Waals surface area (Å²) in [4.78, 5) is 2.88. The lowest BCUT2D eigenvalue weighted by molar-refractivity contribution is 0.804. The van der Waals surface area contributed by atoms with Crippen LogP contribution in [0.4, 0.5) is 5.82 Å². The Morgan fingerprint density at radius 1 is 1.05 bits per heavy atom. The van der Waals surface area contributed by atoms with Gasteiger partial charge in [-0.15, -0.1) is 5.10 Å². The molecule has 3 aromatic rings. The minimum Gasteiger partial charge on any atom is -0.210 e. The Hall–Kier alpha value is -2.63. The normalized spacial score (nSPS) is 10.1. The first-order valence-electron chi connectivity index (χ1n) is 6.12. The zero-order valence-corrected chi connectivity index (χ0v) is 12.3. The summed E-state index contributed by atoms with van der Waals surface area (Å²) in [5.74, 6) is 0.367. The third-order valence-electron chi connectivity index (χ3n) is 2.90. The average molecular weight is 341 g/mol. The monoisotopic (exact) mass is 340 g/mol. The zero-order valence-electron chi connectivity index (χ0n) is 10.8. The molecule has 2 aromatic carbocycles. The maximum Gasteiger partial charge on any atom is 0.158 e. The third-order valence-corrected chi connectivity index (χ3v) is 3.43. The number of halogens is 1. The summed E-state index contributed by atoms with van der Waals surface area (Å²) in [5, 5.41) is 12.0. The van der Waals surface area contributed by atoms with Crippen molar-refractivity contribution in [3.63, 3.8) is 0 Å². The zero-order chi connectivity index (χ0) is 14.7. The molecule has 0 aliphatic rings. The van der Waals surface area contributed by atoms with Gasteiger partial charge in [-0.25, -0.2) is 4.68 Å². The Morgan fingerprint density at radius 3 is 2.43 bits per heavy atom. The van der Waals surface area contributed by atoms with E-state index in [1.807, 2.05) is 54.6 Å². The van der Waals surface area contributed by atoms with Gasteiger partial charge in [-0.05, 0) is 34.9 Å². The largest absolute Gasteiger partial charge is 0.210 e. The van der Waals surface area contributed by atoms with Crippen molar-refractivity contribution < 1.29 is 0 Å². The minimum absolute atomic E-state index is 0.367. The van der Waals surface area contributed by atoms with Crippen molar-refractivity contribution in [2.45, 2.75) is 0 Å². The number of nitrogens with zero attached hydrogens (tertiary/aromatic N) is 6. The van der Waals surface area contributed by atoms with Crippen molar-refractivity contribution in [1.29, 1.82) is 0 Å². The summed E-state index contributed by atoms with van der Waals surface area (Å²) < 4.78 is 2.49. The van der Waals surface area contributed by atoms with Gasteiger partial charge in [0.25, 0.3) is 0 Å². The lowest BCUT2D eigenvalue weighted by atomic mass is 10.1. The van der Waals surface area contributed by atoms with E-state index in [9.17, 15) is 0 Å². The Labute approximate surface area is 128 Å². The van der Waals surface area contributed by atoms with Gasteiger partial charge in [0.2, 0.25) is 0 Å². The summed E-state index contributed by atoms with van der Waals surface area (Å²) in [6, 6.07) is 17.0. The van der Waals surface area contributed by atoms with E-state index in [1.165, 1.54) is 4.68 Å². The molecule has 0 aliphatic carbocycles. The average Bonchev–Trinajstić information content (AvgIpc) is 2.93. The molecule has 0 unspecified atom stereocenters. The number of aromatic nitrogens is 3. The first-order valence-corrected chi connectivity index (χ1v) is 6.91. The summed E-state index contributed by atoms with van der Waals surface area (Å²) in [6.45, 7) is 0. The molecule has 102 valence electrons. The molecule has 1 heterocycles. The lowest BCUT2D eigenvalue weighted by Crippen LogP contribution is -1.95. The van der Waals surface area contributed by atoms with Crippen molar-refractivity contribution in [3.05, 3.63) is 69.5 Å². The number of rotatable bonds is 3. The van der Waals surface area contributed by atoms with E-state index in [0.29, 0.717) is 11.5 Å². The molecule has 0 amide bonds. The van der Waals surface area contributed by atoms with Crippen molar-refractivity contribution in [2.24, 2.45) is 5.11 Å². The second kappa shape index (κ2) is 5.78. The van der Waals surface area contributed by atoms with Crippen LogP contribution in [0.25, 0.3) is 27.4 Å². The lowest BCUT2D eigenvalue weighted by Gasteiger charge is -2.03. The van der Waals surface area contributed by atoms with Gasteiger partial charge in [0.1, 0.15) is 5.69 Å². The standard InChI is InChI=1S/C14H9BrN6/c15-11-8-6-10(7-9-11)13-14(18-19-16)21(20-17-13)12-4-2-1-3-5-12/h1-9H. The van der Waals surface area contributed by atoms with Crippen LogP contribution in [-0.4, -0.2) is 15.0 Å². The number of hydrogen-bond donors (Lipinski definition) is 0. The van der Waals surface area contributed by atoms with Crippen molar-refractivity contribution in [3.8, 4) is 16.9 Å². The summed E-state index contributed by atoms with van der Waals surface area (Å²) >= 11 is 3.39. The van der Waals surface area contributed by atoms with E-state index in [0.717, 1.165) is 15.7 Å². The topological polar surface area (TPSA) is 79.5 Å². The van der Waals surface area contributed by atoms with Gasteiger partial charge in [-0.2, -0.15) is 0 Å². The van der Waals surface area contributed by atoms with Gasteiger partial charge in [0, 0.05) is 14.9 Å². The predicted molar refractivity (Wildman–Crippen MR) is 83.3 cm³/mol. The van der Waals surface area contributed by atoms with Crippen LogP contribution >= 0.6 is 15.9 Å². The van der Waals surface area contributed by atoms with Crippen LogP contribution in [0.1, 0.15) is 0 Å². The van der Waals surface area contributed by atoms with Gasteiger partial charge in [-0.3, -0.25) is 0 Å². The molecule has 0 N–H and O–H groups in total. The minimum atomic E-state index is 0.367. The molecule has 1 aromatic heterocycles. The molecular weight excluding hydrogens is 332 g/mol. The van der Waals surface area contributed by atoms with Crippen molar-refractivity contribution in [2.75, 3.05) is 0 Å². The van der Waals surface area contributed by atoms with E-state index >= 15 is 0 Å². The predicted octanol–water partition coefficient (Wildman–Crippen LogP) is 4.64. The summed E-state index contributed by atoms with van der Waals surface area (Å²) in [7, 11) is 0. The maximum atomic E-state index is 8.81. The Morgan fingerprint density at radius 2 is 1.76 bits per heavy atom. The first-order chi connectivity index (χ1) is 10.3. The molecule has 0 saturated carbocycles. The van der Waals surface area contributed by atoms with Gasteiger partial charge in [0.15, 0.2) is 5.82 Å². The highest BCUT2D eigenvalue weighted by Crippen LogP contribution is 2.30. The second-order valence-corrected chi connectivity index (χ2v) is 5.12. The molecule has 7 heteroatoms. The fraction of sp³-hybridized carbons (Fsp3) is 0. The maximum absolute atomic E-state index is 8.81. The first kappa shape index (κ1) is 13.4. The van der Waals surface area contributed by atoms with Crippen molar-refractivity contribution >= 4 is 21.7 Å². The van der Waals surface area contributed by atoms with E-state index in [1.54, 1.807) is 0 Å². The van der Waals surface area contributed by atoms with Gasteiger partial charge >= 0.3 is 0 Å². The molecule has 0 radical (unpaired) electrons. The van der Waals surface area contributed by atoms with Crippen LogP contribution in [0.15, 0.2) is 64.2 Å². The highest BCUT2D eigenvalue weighted by atomic mass is 79.9. The van der Waals surface area contributed by atoms with E-state index in [-0.39, 0.29) is 0 Å². The van der Waals surface area contributed by atoms with Crippen LogP contribution in [0.3, 0.4) is 0 Å². The van der Waals surface area contributed by atoms with E-state index < -0.39 is 0 Å². The number of azide groups is 1. The fourth-order valence-corrected chi connectivity index (χ4v) is 2.21. The number of benzene rings is 2. The molecule has 0 aliphatic heterocycles. The molecule has 0 atom stereocenters. The molecule has 0 saturated heterocycles. The molecule has 0 bridgehead atoms. The molecule has 0 spiro atoms. The third kappa shape index (κ3) is 2.65. The Kier molecular flexibility index (Phi) is 3.68. The molecule has 21 heavy (non-hydrogen) atoms. The quantitative estimate of drug-likeness (QED) is 0.395. The number of para-hydroxylation sites is 1. The smallest absolute Gasteiger partial charge is 0.158 e. The Balaban J connectivity index is 2.17. The van der Waals surface area contributed by atoms with Gasteiger partial charge in [0.05, 0.1) is 5.69 Å². The van der Waals surface area contributed by atoms with Crippen LogP contribution in [0.2, 0.25) is 0 Å². The van der Waals surface area contributed by atoms with Gasteiger partial charge < -0.3 is 0 Å². The van der Waals surface area contributed by atoms with Crippen LogP contribution < -0.4 is 0 Å². The van der Waals surface area contributed by atoms with Crippen LogP contribution in [0.5, 0.6) is 0 Å². The highest BCUT2D eigenvalue weighted by molar-refractivity contribution is 9.10. The highest BCUT2D eigenvalue weighted by Gasteiger charge is 2.14. The van der Waals surface area contributed by atoms with Crippen LogP contribution in [-0.2, 0) is 0 Å². The molecule has 0 fully saturated rings. The SMILES string of the molecule is [N-]=[N+]=Nc1c(-c2ccc(Br)cc2)nnn1-c1ccccc1. The van der Waals surface area contributed by atoms with Crippen molar-refractivity contribution in [1.82, 2.24) is 15.0 Å². The molecule has 3 rings (SSSR count). The Bertz CT molecular complexity index is 803. The fourth-order valence-electron chi connectivity index (χ4n) is 1.95. The number of hydrogen-bond acceptors (Lipinski definition) is 3. The molecular formula is C14H9BrN6. The summed E-state index contributed by atoms with van der Waals surface area (Å²) in [5.41, 5.74) is 11.0. The summed E-state index contributed by atoms with van der Waals surface area (Å²) in [6.07, 6.45) is 0. The molecule has 6 nitrogen and oxygen atoms in total. The van der Waals surface area contributed by atoms with Crippen LogP contribution in [0, 0.1) is 0 Å². The van der Waals surface area contributed by atoms with Gasteiger partial charge in [-0.1, -0.05) is 51.5 Å². The van der Waals surface area contributed by atoms with E-state index in [2.05, 4.69) is 36.3 Å². The van der Waals surface area contributed by atoms with E-state index in [4.69, 9.17) is 5.53 Å². The second-order valence-electron chi connectivity index (χ2n) is 4.21.